The van der Waals surface area contributed by atoms with Crippen molar-refractivity contribution in [3.8, 4) is 0 Å². The maximum Gasteiger partial charge on any atom is 0.255 e. The molecule has 1 aliphatic rings. The van der Waals surface area contributed by atoms with Crippen LogP contribution in [0.3, 0.4) is 0 Å². The molecule has 18 heavy (non-hydrogen) atoms. The lowest BCUT2D eigenvalue weighted by Gasteiger charge is -2.16. The van der Waals surface area contributed by atoms with Crippen LogP contribution in [0, 0.1) is 19.8 Å². The van der Waals surface area contributed by atoms with Gasteiger partial charge in [-0.2, -0.15) is 0 Å². The van der Waals surface area contributed by atoms with Crippen molar-refractivity contribution in [2.75, 3.05) is 0 Å². The van der Waals surface area contributed by atoms with Crippen molar-refractivity contribution in [3.63, 3.8) is 0 Å². The van der Waals surface area contributed by atoms with E-state index in [-0.39, 0.29) is 5.56 Å². The summed E-state index contributed by atoms with van der Waals surface area (Å²) in [5.74, 6) is 0.494. The summed E-state index contributed by atoms with van der Waals surface area (Å²) in [5, 5.41) is 3.44. The van der Waals surface area contributed by atoms with Gasteiger partial charge in [0.15, 0.2) is 0 Å². The molecule has 3 heteroatoms. The van der Waals surface area contributed by atoms with Crippen LogP contribution in [-0.2, 0) is 13.1 Å². The number of nitrogens with zero attached hydrogens (tertiary/aromatic N) is 1. The number of hydrogen-bond acceptors (Lipinski definition) is 2. The minimum absolute atomic E-state index is 0.189. The fourth-order valence-electron chi connectivity index (χ4n) is 2.31. The zero-order valence-corrected chi connectivity index (χ0v) is 11.9. The summed E-state index contributed by atoms with van der Waals surface area (Å²) < 4.78 is 1.92. The van der Waals surface area contributed by atoms with Crippen molar-refractivity contribution in [2.24, 2.45) is 5.92 Å². The normalized spacial score (nSPS) is 15.4. The Kier molecular flexibility index (Phi) is 3.91. The number of hydrogen-bond donors (Lipinski definition) is 1. The van der Waals surface area contributed by atoms with Gasteiger partial charge in [0.2, 0.25) is 0 Å². The molecule has 0 atom stereocenters. The summed E-state index contributed by atoms with van der Waals surface area (Å²) in [4.78, 5) is 12.5. The first-order valence-corrected chi connectivity index (χ1v) is 6.92. The molecule has 0 radical (unpaired) electrons. The summed E-state index contributed by atoms with van der Waals surface area (Å²) in [5.41, 5.74) is 3.31. The molecule has 1 fully saturated rings. The van der Waals surface area contributed by atoms with Gasteiger partial charge in [0, 0.05) is 30.4 Å². The molecule has 0 unspecified atom stereocenters. The van der Waals surface area contributed by atoms with E-state index in [9.17, 15) is 4.79 Å². The first-order valence-electron chi connectivity index (χ1n) is 6.92. The molecule has 3 nitrogen and oxygen atoms in total. The average Bonchev–Trinajstić information content (AvgIpc) is 3.07. The number of nitrogens with one attached hydrogen (secondary N) is 1. The van der Waals surface area contributed by atoms with Crippen LogP contribution in [0.5, 0.6) is 0 Å². The van der Waals surface area contributed by atoms with E-state index in [1.165, 1.54) is 12.8 Å². The minimum atomic E-state index is 0.189. The van der Waals surface area contributed by atoms with Crippen LogP contribution in [-0.4, -0.2) is 10.6 Å². The standard InChI is InChI=1S/C15H24N2O/c1-10(2)9-17-12(4)7-11(3)14(15(17)18)8-16-13-5-6-13/h7,10,13,16H,5-6,8-9H2,1-4H3. The van der Waals surface area contributed by atoms with Crippen LogP contribution in [0.15, 0.2) is 10.9 Å². The summed E-state index contributed by atoms with van der Waals surface area (Å²) >= 11 is 0. The van der Waals surface area contributed by atoms with E-state index in [0.29, 0.717) is 18.5 Å². The number of aromatic nitrogens is 1. The molecule has 0 saturated heterocycles. The highest BCUT2D eigenvalue weighted by Crippen LogP contribution is 2.19. The topological polar surface area (TPSA) is 34.0 Å². The van der Waals surface area contributed by atoms with Crippen LogP contribution in [0.25, 0.3) is 0 Å². The lowest BCUT2D eigenvalue weighted by Crippen LogP contribution is -2.31. The fourth-order valence-corrected chi connectivity index (χ4v) is 2.31. The zero-order valence-electron chi connectivity index (χ0n) is 11.9. The van der Waals surface area contributed by atoms with Gasteiger partial charge in [-0.15, -0.1) is 0 Å². The molecule has 0 aromatic carbocycles. The molecule has 1 aromatic heterocycles. The maximum atomic E-state index is 12.5. The smallest absolute Gasteiger partial charge is 0.255 e. The zero-order chi connectivity index (χ0) is 13.3. The summed E-state index contributed by atoms with van der Waals surface area (Å²) in [7, 11) is 0. The van der Waals surface area contributed by atoms with Crippen molar-refractivity contribution in [3.05, 3.63) is 33.2 Å². The molecule has 1 heterocycles. The first-order chi connectivity index (χ1) is 8.49. The van der Waals surface area contributed by atoms with Crippen molar-refractivity contribution < 1.29 is 0 Å². The number of aryl methyl sites for hydroxylation is 2. The molecule has 0 amide bonds. The van der Waals surface area contributed by atoms with Gasteiger partial charge in [-0.1, -0.05) is 13.8 Å². The van der Waals surface area contributed by atoms with E-state index in [4.69, 9.17) is 0 Å². The summed E-state index contributed by atoms with van der Waals surface area (Å²) in [6, 6.07) is 2.77. The fraction of sp³-hybridized carbons (Fsp3) is 0.667. The molecule has 0 bridgehead atoms. The largest absolute Gasteiger partial charge is 0.312 e. The first kappa shape index (κ1) is 13.3. The molecule has 0 aliphatic heterocycles. The predicted molar refractivity (Wildman–Crippen MR) is 74.9 cm³/mol. The van der Waals surface area contributed by atoms with Gasteiger partial charge in [-0.25, -0.2) is 0 Å². The second-order valence-electron chi connectivity index (χ2n) is 5.91. The van der Waals surface area contributed by atoms with E-state index in [1.807, 2.05) is 18.4 Å². The maximum absolute atomic E-state index is 12.5. The minimum Gasteiger partial charge on any atom is -0.312 e. The molecule has 100 valence electrons. The van der Waals surface area contributed by atoms with Crippen LogP contribution in [0.2, 0.25) is 0 Å². The lowest BCUT2D eigenvalue weighted by atomic mass is 10.1. The second-order valence-corrected chi connectivity index (χ2v) is 5.91. The van der Waals surface area contributed by atoms with Crippen LogP contribution >= 0.6 is 0 Å². The third-order valence-corrected chi connectivity index (χ3v) is 3.52. The third kappa shape index (κ3) is 3.02. The SMILES string of the molecule is Cc1cc(C)n(CC(C)C)c(=O)c1CNC1CC1. The Labute approximate surface area is 109 Å². The molecule has 0 spiro atoms. The van der Waals surface area contributed by atoms with Gasteiger partial charge in [0.1, 0.15) is 0 Å². The van der Waals surface area contributed by atoms with Gasteiger partial charge < -0.3 is 9.88 Å². The Morgan fingerprint density at radius 3 is 2.61 bits per heavy atom. The quantitative estimate of drug-likeness (QED) is 0.868. The third-order valence-electron chi connectivity index (χ3n) is 3.52. The van der Waals surface area contributed by atoms with Gasteiger partial charge >= 0.3 is 0 Å². The Balaban J connectivity index is 2.28. The van der Waals surface area contributed by atoms with E-state index in [0.717, 1.165) is 23.4 Å². The summed E-state index contributed by atoms with van der Waals surface area (Å²) in [6.45, 7) is 9.88. The molecule has 2 rings (SSSR count). The van der Waals surface area contributed by atoms with E-state index < -0.39 is 0 Å². The second kappa shape index (κ2) is 5.27. The van der Waals surface area contributed by atoms with E-state index >= 15 is 0 Å². The van der Waals surface area contributed by atoms with Crippen molar-refractivity contribution in [2.45, 2.75) is 59.7 Å². The van der Waals surface area contributed by atoms with Crippen LogP contribution in [0.4, 0.5) is 0 Å². The monoisotopic (exact) mass is 248 g/mol. The highest BCUT2D eigenvalue weighted by molar-refractivity contribution is 5.26. The summed E-state index contributed by atoms with van der Waals surface area (Å²) in [6.07, 6.45) is 2.51. The van der Waals surface area contributed by atoms with Gasteiger partial charge in [0.05, 0.1) is 0 Å². The molecule has 1 saturated carbocycles. The average molecular weight is 248 g/mol. The Bertz CT molecular complexity index is 484. The highest BCUT2D eigenvalue weighted by atomic mass is 16.1. The van der Waals surface area contributed by atoms with Crippen LogP contribution in [0.1, 0.15) is 43.5 Å². The van der Waals surface area contributed by atoms with E-state index in [2.05, 4.69) is 25.2 Å². The molecule has 1 N–H and O–H groups in total. The van der Waals surface area contributed by atoms with Crippen molar-refractivity contribution in [1.29, 1.82) is 0 Å². The molecular weight excluding hydrogens is 224 g/mol. The lowest BCUT2D eigenvalue weighted by molar-refractivity contribution is 0.497. The molecular formula is C15H24N2O. The number of pyridine rings is 1. The van der Waals surface area contributed by atoms with Gasteiger partial charge in [0.25, 0.3) is 5.56 Å². The Morgan fingerprint density at radius 1 is 1.39 bits per heavy atom. The van der Waals surface area contributed by atoms with Crippen molar-refractivity contribution in [1.82, 2.24) is 9.88 Å². The number of rotatable bonds is 5. The Hall–Kier alpha value is -1.09. The molecule has 1 aromatic rings. The van der Waals surface area contributed by atoms with Crippen molar-refractivity contribution >= 4 is 0 Å². The Morgan fingerprint density at radius 2 is 2.06 bits per heavy atom. The van der Waals surface area contributed by atoms with E-state index in [1.54, 1.807) is 0 Å². The predicted octanol–water partition coefficient (Wildman–Crippen LogP) is 2.37. The van der Waals surface area contributed by atoms with Gasteiger partial charge in [-0.05, 0) is 44.2 Å². The van der Waals surface area contributed by atoms with Crippen LogP contribution < -0.4 is 10.9 Å². The highest BCUT2D eigenvalue weighted by Gasteiger charge is 2.21. The van der Waals surface area contributed by atoms with Gasteiger partial charge in [-0.3, -0.25) is 4.79 Å². The molecule has 1 aliphatic carbocycles.